The van der Waals surface area contributed by atoms with Gasteiger partial charge in [0, 0.05) is 0 Å². The molecule has 1 N–H and O–H groups in total. The zero-order valence-corrected chi connectivity index (χ0v) is 5.71. The van der Waals surface area contributed by atoms with E-state index in [9.17, 15) is 5.11 Å². The number of rotatable bonds is 0. The van der Waals surface area contributed by atoms with Crippen LogP contribution < -0.4 is 0 Å². The van der Waals surface area contributed by atoms with Crippen LogP contribution in [0.4, 0.5) is 0 Å². The van der Waals surface area contributed by atoms with E-state index in [0.717, 1.165) is 32.1 Å². The highest BCUT2D eigenvalue weighted by atomic mass is 16.3. The summed E-state index contributed by atoms with van der Waals surface area (Å²) in [5.74, 6) is 0. The molecule has 52 valence electrons. The Labute approximate surface area is 56.4 Å². The van der Waals surface area contributed by atoms with Crippen LogP contribution in [-0.2, 0) is 0 Å². The molecule has 1 aliphatic rings. The molecule has 0 saturated carbocycles. The molecule has 0 fully saturated rings. The lowest BCUT2D eigenvalue weighted by Crippen LogP contribution is -2.06. The molecule has 0 spiro atoms. The van der Waals surface area contributed by atoms with E-state index in [1.165, 1.54) is 0 Å². The third kappa shape index (κ3) is 2.66. The zero-order chi connectivity index (χ0) is 6.53. The summed E-state index contributed by atoms with van der Waals surface area (Å²) >= 11 is 0. The van der Waals surface area contributed by atoms with Gasteiger partial charge in [-0.1, -0.05) is 12.2 Å². The Kier molecular flexibility index (Phi) is 2.78. The first kappa shape index (κ1) is 6.81. The summed E-state index contributed by atoms with van der Waals surface area (Å²) in [5, 5.41) is 9.18. The Morgan fingerprint density at radius 2 is 1.89 bits per heavy atom. The zero-order valence-electron chi connectivity index (χ0n) is 5.71. The topological polar surface area (TPSA) is 20.2 Å². The first-order chi connectivity index (χ1) is 4.39. The van der Waals surface area contributed by atoms with Crippen molar-refractivity contribution in [1.29, 1.82) is 0 Å². The Bertz CT molecular complexity index is 96.7. The van der Waals surface area contributed by atoms with E-state index in [4.69, 9.17) is 0 Å². The van der Waals surface area contributed by atoms with Crippen LogP contribution in [0.15, 0.2) is 12.2 Å². The fourth-order valence-electron chi connectivity index (χ4n) is 1.14. The van der Waals surface area contributed by atoms with E-state index >= 15 is 0 Å². The molecule has 0 aromatic heterocycles. The Morgan fingerprint density at radius 3 is 2.78 bits per heavy atom. The van der Waals surface area contributed by atoms with E-state index < -0.39 is 0 Å². The second kappa shape index (κ2) is 3.67. The Balaban J connectivity index is 2.27. The minimum absolute atomic E-state index is 0.0325. The van der Waals surface area contributed by atoms with Crippen LogP contribution in [0.25, 0.3) is 0 Å². The van der Waals surface area contributed by atoms with Crippen molar-refractivity contribution in [3.8, 4) is 0 Å². The molecule has 1 atom stereocenters. The van der Waals surface area contributed by atoms with Gasteiger partial charge in [-0.25, -0.2) is 0 Å². The SMILES string of the molecule is OC1CC/C=C\CCC1. The molecular weight excluding hydrogens is 112 g/mol. The minimum atomic E-state index is -0.0325. The van der Waals surface area contributed by atoms with Gasteiger partial charge in [-0.3, -0.25) is 0 Å². The molecule has 1 rings (SSSR count). The molecule has 1 unspecified atom stereocenters. The van der Waals surface area contributed by atoms with Crippen molar-refractivity contribution in [1.82, 2.24) is 0 Å². The van der Waals surface area contributed by atoms with E-state index in [1.54, 1.807) is 0 Å². The largest absolute Gasteiger partial charge is 0.393 e. The normalized spacial score (nSPS) is 32.8. The standard InChI is InChI=1S/C8H14O/c9-8-6-4-2-1-3-5-7-8/h1-2,8-9H,3-7H2/b2-1-. The number of aliphatic hydroxyl groups excluding tert-OH is 1. The monoisotopic (exact) mass is 126 g/mol. The van der Waals surface area contributed by atoms with Gasteiger partial charge in [0.2, 0.25) is 0 Å². The van der Waals surface area contributed by atoms with Crippen molar-refractivity contribution >= 4 is 0 Å². The second-order valence-electron chi connectivity index (χ2n) is 2.63. The lowest BCUT2D eigenvalue weighted by molar-refractivity contribution is 0.152. The predicted octanol–water partition coefficient (Wildman–Crippen LogP) is 1.87. The maximum Gasteiger partial charge on any atom is 0.0543 e. The number of allylic oxidation sites excluding steroid dienone is 2. The third-order valence-electron chi connectivity index (χ3n) is 1.74. The Morgan fingerprint density at radius 1 is 1.11 bits per heavy atom. The van der Waals surface area contributed by atoms with Crippen LogP contribution in [0.3, 0.4) is 0 Å². The highest BCUT2D eigenvalue weighted by Gasteiger charge is 2.02. The maximum atomic E-state index is 9.18. The lowest BCUT2D eigenvalue weighted by Gasteiger charge is -2.09. The summed E-state index contributed by atoms with van der Waals surface area (Å²) in [6, 6.07) is 0. The molecule has 0 bridgehead atoms. The molecule has 0 aliphatic heterocycles. The van der Waals surface area contributed by atoms with Crippen molar-refractivity contribution in [2.75, 3.05) is 0 Å². The Hall–Kier alpha value is -0.300. The smallest absolute Gasteiger partial charge is 0.0543 e. The van der Waals surface area contributed by atoms with E-state index in [1.807, 2.05) is 0 Å². The van der Waals surface area contributed by atoms with Crippen LogP contribution in [-0.4, -0.2) is 11.2 Å². The molecule has 0 amide bonds. The molecule has 0 saturated heterocycles. The van der Waals surface area contributed by atoms with Crippen molar-refractivity contribution in [3.05, 3.63) is 12.2 Å². The second-order valence-corrected chi connectivity index (χ2v) is 2.63. The average molecular weight is 126 g/mol. The van der Waals surface area contributed by atoms with E-state index in [0.29, 0.717) is 0 Å². The van der Waals surface area contributed by atoms with Crippen molar-refractivity contribution in [2.45, 2.75) is 38.2 Å². The molecule has 0 aromatic rings. The van der Waals surface area contributed by atoms with Gasteiger partial charge in [-0.05, 0) is 32.1 Å². The summed E-state index contributed by atoms with van der Waals surface area (Å²) in [5.41, 5.74) is 0. The molecule has 0 aromatic carbocycles. The van der Waals surface area contributed by atoms with Crippen molar-refractivity contribution in [3.63, 3.8) is 0 Å². The predicted molar refractivity (Wildman–Crippen MR) is 38.2 cm³/mol. The molecule has 1 nitrogen and oxygen atoms in total. The number of aliphatic hydroxyl groups is 1. The molecule has 1 aliphatic carbocycles. The lowest BCUT2D eigenvalue weighted by atomic mass is 10.0. The average Bonchev–Trinajstić information content (AvgIpc) is 1.79. The molecule has 0 heterocycles. The summed E-state index contributed by atoms with van der Waals surface area (Å²) in [6.07, 6.45) is 9.65. The number of hydrogen-bond acceptors (Lipinski definition) is 1. The summed E-state index contributed by atoms with van der Waals surface area (Å²) in [4.78, 5) is 0. The highest BCUT2D eigenvalue weighted by molar-refractivity contribution is 4.84. The van der Waals surface area contributed by atoms with Gasteiger partial charge >= 0.3 is 0 Å². The molecule has 1 heteroatoms. The van der Waals surface area contributed by atoms with E-state index in [-0.39, 0.29) is 6.10 Å². The molecular formula is C8H14O. The third-order valence-corrected chi connectivity index (χ3v) is 1.74. The highest BCUT2D eigenvalue weighted by Crippen LogP contribution is 2.11. The van der Waals surface area contributed by atoms with Gasteiger partial charge in [0.05, 0.1) is 6.10 Å². The fraction of sp³-hybridized carbons (Fsp3) is 0.750. The van der Waals surface area contributed by atoms with Crippen molar-refractivity contribution < 1.29 is 5.11 Å². The van der Waals surface area contributed by atoms with Gasteiger partial charge in [-0.15, -0.1) is 0 Å². The van der Waals surface area contributed by atoms with Gasteiger partial charge in [0.1, 0.15) is 0 Å². The van der Waals surface area contributed by atoms with Crippen LogP contribution >= 0.6 is 0 Å². The summed E-state index contributed by atoms with van der Waals surface area (Å²) in [6.45, 7) is 0. The summed E-state index contributed by atoms with van der Waals surface area (Å²) in [7, 11) is 0. The first-order valence-electron chi connectivity index (χ1n) is 3.72. The van der Waals surface area contributed by atoms with Gasteiger partial charge in [-0.2, -0.15) is 0 Å². The molecule has 0 radical (unpaired) electrons. The minimum Gasteiger partial charge on any atom is -0.393 e. The quantitative estimate of drug-likeness (QED) is 0.491. The van der Waals surface area contributed by atoms with Crippen LogP contribution in [0.1, 0.15) is 32.1 Å². The summed E-state index contributed by atoms with van der Waals surface area (Å²) < 4.78 is 0. The van der Waals surface area contributed by atoms with Crippen LogP contribution in [0, 0.1) is 0 Å². The van der Waals surface area contributed by atoms with Crippen molar-refractivity contribution in [2.24, 2.45) is 0 Å². The fourth-order valence-corrected chi connectivity index (χ4v) is 1.14. The van der Waals surface area contributed by atoms with Crippen LogP contribution in [0.5, 0.6) is 0 Å². The number of hydrogen-bond donors (Lipinski definition) is 1. The van der Waals surface area contributed by atoms with Gasteiger partial charge in [0.25, 0.3) is 0 Å². The first-order valence-corrected chi connectivity index (χ1v) is 3.72. The molecule has 9 heavy (non-hydrogen) atoms. The van der Waals surface area contributed by atoms with Gasteiger partial charge < -0.3 is 5.11 Å². The van der Waals surface area contributed by atoms with Crippen LogP contribution in [0.2, 0.25) is 0 Å². The van der Waals surface area contributed by atoms with E-state index in [2.05, 4.69) is 12.2 Å². The maximum absolute atomic E-state index is 9.18. The van der Waals surface area contributed by atoms with Gasteiger partial charge in [0.15, 0.2) is 0 Å².